The summed E-state index contributed by atoms with van der Waals surface area (Å²) in [6, 6.07) is 9.45. The fraction of sp³-hybridized carbons (Fsp3) is 0.294. The van der Waals surface area contributed by atoms with Gasteiger partial charge in [-0.2, -0.15) is 0 Å². The van der Waals surface area contributed by atoms with Crippen LogP contribution in [-0.4, -0.2) is 5.11 Å². The molecule has 0 fully saturated rings. The van der Waals surface area contributed by atoms with Crippen LogP contribution in [0, 0.1) is 17.5 Å². The van der Waals surface area contributed by atoms with Gasteiger partial charge in [0.2, 0.25) is 0 Å². The molecule has 0 saturated carbocycles. The fourth-order valence-corrected chi connectivity index (χ4v) is 2.17. The Morgan fingerprint density at radius 2 is 1.52 bits per heavy atom. The molecule has 0 bridgehead atoms. The zero-order valence-electron chi connectivity index (χ0n) is 11.9. The van der Waals surface area contributed by atoms with Gasteiger partial charge in [-0.3, -0.25) is 0 Å². The summed E-state index contributed by atoms with van der Waals surface area (Å²) in [5, 5.41) is 10.0. The van der Waals surface area contributed by atoms with Crippen LogP contribution in [0.1, 0.15) is 42.6 Å². The molecule has 0 aliphatic rings. The van der Waals surface area contributed by atoms with Crippen LogP contribution >= 0.6 is 0 Å². The third kappa shape index (κ3) is 3.45. The van der Waals surface area contributed by atoms with Gasteiger partial charge in [0.25, 0.3) is 0 Å². The molecule has 0 saturated heterocycles. The molecule has 0 aliphatic heterocycles. The summed E-state index contributed by atoms with van der Waals surface area (Å²) in [7, 11) is 0. The molecule has 0 heterocycles. The number of benzene rings is 2. The highest BCUT2D eigenvalue weighted by Gasteiger charge is 2.19. The molecule has 0 radical (unpaired) electrons. The van der Waals surface area contributed by atoms with Crippen LogP contribution in [0.2, 0.25) is 0 Å². The summed E-state index contributed by atoms with van der Waals surface area (Å²) < 4.78 is 39.7. The minimum atomic E-state index is -1.55. The number of rotatable bonds is 4. The molecule has 0 aliphatic carbocycles. The summed E-state index contributed by atoms with van der Waals surface area (Å²) >= 11 is 0. The number of hydrogen-bond acceptors (Lipinski definition) is 1. The lowest BCUT2D eigenvalue weighted by molar-refractivity contribution is 0.172. The molecule has 2 rings (SSSR count). The summed E-state index contributed by atoms with van der Waals surface area (Å²) in [6.07, 6.45) is -1.08. The molecule has 2 aromatic rings. The molecule has 0 amide bonds. The third-order valence-corrected chi connectivity index (χ3v) is 3.50. The summed E-state index contributed by atoms with van der Waals surface area (Å²) in [4.78, 5) is 0. The Bertz CT molecular complexity index is 621. The lowest BCUT2D eigenvalue weighted by atomic mass is 9.97. The number of aliphatic hydroxyl groups excluding tert-OH is 1. The van der Waals surface area contributed by atoms with Crippen molar-refractivity contribution < 1.29 is 18.3 Å². The quantitative estimate of drug-likeness (QED) is 0.823. The highest BCUT2D eigenvalue weighted by atomic mass is 19.2. The van der Waals surface area contributed by atoms with Crippen molar-refractivity contribution in [2.24, 2.45) is 0 Å². The van der Waals surface area contributed by atoms with E-state index in [1.807, 2.05) is 24.3 Å². The van der Waals surface area contributed by atoms with Crippen molar-refractivity contribution in [2.75, 3.05) is 0 Å². The predicted octanol–water partition coefficient (Wildman–Crippen LogP) is 4.50. The first-order valence-electron chi connectivity index (χ1n) is 6.80. The molecule has 0 aromatic heterocycles. The first-order valence-corrected chi connectivity index (χ1v) is 6.80. The van der Waals surface area contributed by atoms with Crippen LogP contribution in [0.5, 0.6) is 0 Å². The SMILES string of the molecule is CC(C)c1ccc(CC(O)c2ccc(F)c(F)c2F)cc1. The molecule has 2 aromatic carbocycles. The second-order valence-corrected chi connectivity index (χ2v) is 5.38. The highest BCUT2D eigenvalue weighted by Crippen LogP contribution is 2.25. The van der Waals surface area contributed by atoms with Crippen molar-refractivity contribution in [3.05, 3.63) is 70.5 Å². The molecule has 4 heteroatoms. The molecule has 0 spiro atoms. The van der Waals surface area contributed by atoms with Gasteiger partial charge in [0.05, 0.1) is 6.10 Å². The second-order valence-electron chi connectivity index (χ2n) is 5.38. The summed E-state index contributed by atoms with van der Waals surface area (Å²) in [6.45, 7) is 4.14. The minimum Gasteiger partial charge on any atom is -0.388 e. The van der Waals surface area contributed by atoms with E-state index in [0.717, 1.165) is 23.3 Å². The van der Waals surface area contributed by atoms with E-state index in [-0.39, 0.29) is 12.0 Å². The van der Waals surface area contributed by atoms with Gasteiger partial charge in [-0.25, -0.2) is 13.2 Å². The maximum atomic E-state index is 13.6. The maximum absolute atomic E-state index is 13.6. The Labute approximate surface area is 122 Å². The molecule has 1 nitrogen and oxygen atoms in total. The minimum absolute atomic E-state index is 0.139. The number of halogens is 3. The number of hydrogen-bond donors (Lipinski definition) is 1. The summed E-state index contributed by atoms with van der Waals surface area (Å²) in [5.74, 6) is -3.75. The molecule has 1 unspecified atom stereocenters. The van der Waals surface area contributed by atoms with Gasteiger partial charge in [-0.05, 0) is 23.1 Å². The zero-order chi connectivity index (χ0) is 15.6. The Kier molecular flexibility index (Phi) is 4.68. The van der Waals surface area contributed by atoms with Crippen LogP contribution < -0.4 is 0 Å². The normalized spacial score (nSPS) is 12.7. The van der Waals surface area contributed by atoms with E-state index in [2.05, 4.69) is 13.8 Å². The predicted molar refractivity (Wildman–Crippen MR) is 75.5 cm³/mol. The van der Waals surface area contributed by atoms with E-state index < -0.39 is 23.6 Å². The lowest BCUT2D eigenvalue weighted by Gasteiger charge is -2.13. The van der Waals surface area contributed by atoms with Crippen molar-refractivity contribution in [2.45, 2.75) is 32.3 Å². The lowest BCUT2D eigenvalue weighted by Crippen LogP contribution is -2.07. The van der Waals surface area contributed by atoms with Gasteiger partial charge < -0.3 is 5.11 Å². The Hall–Kier alpha value is -1.81. The van der Waals surface area contributed by atoms with Gasteiger partial charge in [-0.15, -0.1) is 0 Å². The smallest absolute Gasteiger partial charge is 0.194 e. The van der Waals surface area contributed by atoms with E-state index in [1.54, 1.807) is 0 Å². The molecule has 21 heavy (non-hydrogen) atoms. The Morgan fingerprint density at radius 3 is 2.10 bits per heavy atom. The first-order chi connectivity index (χ1) is 9.90. The summed E-state index contributed by atoms with van der Waals surface area (Å²) in [5.41, 5.74) is 1.73. The number of aliphatic hydroxyl groups is 1. The van der Waals surface area contributed by atoms with Crippen molar-refractivity contribution >= 4 is 0 Å². The van der Waals surface area contributed by atoms with Gasteiger partial charge in [0, 0.05) is 12.0 Å². The second kappa shape index (κ2) is 6.31. The highest BCUT2D eigenvalue weighted by molar-refractivity contribution is 5.28. The molecular weight excluding hydrogens is 277 g/mol. The van der Waals surface area contributed by atoms with E-state index >= 15 is 0 Å². The first kappa shape index (κ1) is 15.6. The topological polar surface area (TPSA) is 20.2 Å². The monoisotopic (exact) mass is 294 g/mol. The molecule has 1 atom stereocenters. The van der Waals surface area contributed by atoms with E-state index in [9.17, 15) is 18.3 Å². The van der Waals surface area contributed by atoms with Crippen LogP contribution in [0.3, 0.4) is 0 Å². The maximum Gasteiger partial charge on any atom is 0.194 e. The van der Waals surface area contributed by atoms with Gasteiger partial charge in [-0.1, -0.05) is 44.2 Å². The van der Waals surface area contributed by atoms with Crippen molar-refractivity contribution in [3.63, 3.8) is 0 Å². The average molecular weight is 294 g/mol. The molecule has 112 valence electrons. The third-order valence-electron chi connectivity index (χ3n) is 3.50. The molecular formula is C17H17F3O. The van der Waals surface area contributed by atoms with Gasteiger partial charge in [0.15, 0.2) is 17.5 Å². The molecule has 1 N–H and O–H groups in total. The largest absolute Gasteiger partial charge is 0.388 e. The van der Waals surface area contributed by atoms with Crippen LogP contribution in [0.15, 0.2) is 36.4 Å². The van der Waals surface area contributed by atoms with Gasteiger partial charge >= 0.3 is 0 Å². The average Bonchev–Trinajstić information content (AvgIpc) is 2.45. The van der Waals surface area contributed by atoms with E-state index in [0.29, 0.717) is 5.92 Å². The van der Waals surface area contributed by atoms with Crippen LogP contribution in [0.25, 0.3) is 0 Å². The van der Waals surface area contributed by atoms with Crippen molar-refractivity contribution in [1.29, 1.82) is 0 Å². The fourth-order valence-electron chi connectivity index (χ4n) is 2.17. The Morgan fingerprint density at radius 1 is 0.905 bits per heavy atom. The van der Waals surface area contributed by atoms with Crippen LogP contribution in [0.4, 0.5) is 13.2 Å². The van der Waals surface area contributed by atoms with Gasteiger partial charge in [0.1, 0.15) is 0 Å². The zero-order valence-corrected chi connectivity index (χ0v) is 11.9. The van der Waals surface area contributed by atoms with E-state index in [4.69, 9.17) is 0 Å². The van der Waals surface area contributed by atoms with Crippen LogP contribution in [-0.2, 0) is 6.42 Å². The van der Waals surface area contributed by atoms with Crippen molar-refractivity contribution in [1.82, 2.24) is 0 Å². The van der Waals surface area contributed by atoms with Crippen molar-refractivity contribution in [3.8, 4) is 0 Å². The van der Waals surface area contributed by atoms with E-state index in [1.165, 1.54) is 0 Å². The standard InChI is InChI=1S/C17H17F3O/c1-10(2)12-5-3-11(4-6-12)9-15(21)13-7-8-14(18)17(20)16(13)19/h3-8,10,15,21H,9H2,1-2H3. The Balaban J connectivity index is 2.18.